The summed E-state index contributed by atoms with van der Waals surface area (Å²) < 4.78 is 19.3. The maximum atomic E-state index is 13.7. The van der Waals surface area contributed by atoms with Crippen molar-refractivity contribution in [2.24, 2.45) is 5.92 Å². The summed E-state index contributed by atoms with van der Waals surface area (Å²) in [5, 5.41) is 2.94. The molecule has 1 fully saturated rings. The summed E-state index contributed by atoms with van der Waals surface area (Å²) in [6.45, 7) is 4.94. The molecule has 0 atom stereocenters. The molecule has 1 aliphatic rings. The zero-order chi connectivity index (χ0) is 20.8. The van der Waals surface area contributed by atoms with E-state index >= 15 is 0 Å². The summed E-state index contributed by atoms with van der Waals surface area (Å²) in [5.74, 6) is 0.122. The van der Waals surface area contributed by atoms with E-state index in [1.165, 1.54) is 6.07 Å². The lowest BCUT2D eigenvalue weighted by Gasteiger charge is -2.31. The molecule has 2 amide bonds. The Balaban J connectivity index is 1.48. The second-order valence-electron chi connectivity index (χ2n) is 7.60. The number of carbonyl (C=O) groups is 2. The molecule has 5 nitrogen and oxygen atoms in total. The molecule has 0 aromatic heterocycles. The van der Waals surface area contributed by atoms with Crippen LogP contribution >= 0.6 is 0 Å². The summed E-state index contributed by atoms with van der Waals surface area (Å²) in [7, 11) is 0. The van der Waals surface area contributed by atoms with Gasteiger partial charge in [-0.3, -0.25) is 9.59 Å². The van der Waals surface area contributed by atoms with E-state index in [9.17, 15) is 14.0 Å². The molecule has 0 unspecified atom stereocenters. The fourth-order valence-electron chi connectivity index (χ4n) is 3.44. The third kappa shape index (κ3) is 5.79. The number of anilines is 1. The van der Waals surface area contributed by atoms with Crippen molar-refractivity contribution in [2.75, 3.05) is 18.4 Å². The van der Waals surface area contributed by atoms with Crippen LogP contribution in [0.5, 0.6) is 5.75 Å². The first-order chi connectivity index (χ1) is 13.9. The van der Waals surface area contributed by atoms with Gasteiger partial charge in [-0.25, -0.2) is 4.39 Å². The molecule has 0 aliphatic carbocycles. The average Bonchev–Trinajstić information content (AvgIpc) is 2.71. The maximum Gasteiger partial charge on any atom is 0.227 e. The van der Waals surface area contributed by atoms with Gasteiger partial charge in [0.25, 0.3) is 0 Å². The van der Waals surface area contributed by atoms with Crippen LogP contribution in [-0.2, 0) is 16.0 Å². The third-order valence-electron chi connectivity index (χ3n) is 5.01. The van der Waals surface area contributed by atoms with Gasteiger partial charge in [0.15, 0.2) is 0 Å². The number of ether oxygens (including phenoxy) is 1. The van der Waals surface area contributed by atoms with E-state index in [4.69, 9.17) is 4.74 Å². The van der Waals surface area contributed by atoms with E-state index in [1.54, 1.807) is 23.1 Å². The zero-order valence-electron chi connectivity index (χ0n) is 16.9. The molecule has 2 aromatic carbocycles. The van der Waals surface area contributed by atoms with Gasteiger partial charge >= 0.3 is 0 Å². The Morgan fingerprint density at radius 1 is 1.10 bits per heavy atom. The van der Waals surface area contributed by atoms with Crippen molar-refractivity contribution in [1.29, 1.82) is 0 Å². The SMILES string of the molecule is CC(C)Oc1ccc(NC(=O)C2CCN(C(=O)Cc3ccccc3F)CC2)cc1. The summed E-state index contributed by atoms with van der Waals surface area (Å²) in [6.07, 6.45) is 1.35. The number of carbonyl (C=O) groups excluding carboxylic acids is 2. The number of likely N-dealkylation sites (tertiary alicyclic amines) is 1. The van der Waals surface area contributed by atoms with Crippen LogP contribution in [0.2, 0.25) is 0 Å². The third-order valence-corrected chi connectivity index (χ3v) is 5.01. The van der Waals surface area contributed by atoms with Crippen molar-refractivity contribution in [1.82, 2.24) is 4.90 Å². The lowest BCUT2D eigenvalue weighted by atomic mass is 9.95. The molecular formula is C23H27FN2O3. The van der Waals surface area contributed by atoms with Crippen LogP contribution in [0.15, 0.2) is 48.5 Å². The van der Waals surface area contributed by atoms with Crippen molar-refractivity contribution in [3.05, 3.63) is 59.9 Å². The molecule has 1 saturated heterocycles. The summed E-state index contributed by atoms with van der Waals surface area (Å²) >= 11 is 0. The number of hydrogen-bond acceptors (Lipinski definition) is 3. The van der Waals surface area contributed by atoms with E-state index in [0.29, 0.717) is 31.5 Å². The molecule has 6 heteroatoms. The fourth-order valence-corrected chi connectivity index (χ4v) is 3.44. The van der Waals surface area contributed by atoms with Crippen LogP contribution in [0.3, 0.4) is 0 Å². The summed E-state index contributed by atoms with van der Waals surface area (Å²) in [5.41, 5.74) is 1.13. The van der Waals surface area contributed by atoms with Gasteiger partial charge in [-0.2, -0.15) is 0 Å². The predicted molar refractivity (Wildman–Crippen MR) is 110 cm³/mol. The van der Waals surface area contributed by atoms with E-state index < -0.39 is 0 Å². The fraction of sp³-hybridized carbons (Fsp3) is 0.391. The Hall–Kier alpha value is -2.89. The molecule has 0 radical (unpaired) electrons. The van der Waals surface area contributed by atoms with Gasteiger partial charge in [0.1, 0.15) is 11.6 Å². The van der Waals surface area contributed by atoms with Crippen LogP contribution in [0, 0.1) is 11.7 Å². The molecular weight excluding hydrogens is 371 g/mol. The van der Waals surface area contributed by atoms with Crippen LogP contribution in [0.25, 0.3) is 0 Å². The molecule has 3 rings (SSSR count). The number of piperidine rings is 1. The number of amides is 2. The number of hydrogen-bond donors (Lipinski definition) is 1. The first-order valence-electron chi connectivity index (χ1n) is 10.0. The van der Waals surface area contributed by atoms with Crippen LogP contribution in [0.1, 0.15) is 32.3 Å². The average molecular weight is 398 g/mol. The Morgan fingerprint density at radius 3 is 2.38 bits per heavy atom. The second kappa shape index (κ2) is 9.54. The van der Waals surface area contributed by atoms with Crippen molar-refractivity contribution in [2.45, 2.75) is 39.2 Å². The minimum atomic E-state index is -0.361. The van der Waals surface area contributed by atoms with Gasteiger partial charge in [-0.15, -0.1) is 0 Å². The van der Waals surface area contributed by atoms with Crippen molar-refractivity contribution < 1.29 is 18.7 Å². The first-order valence-corrected chi connectivity index (χ1v) is 10.0. The van der Waals surface area contributed by atoms with Crippen LogP contribution in [0.4, 0.5) is 10.1 Å². The Labute approximate surface area is 170 Å². The van der Waals surface area contributed by atoms with Gasteiger partial charge < -0.3 is 15.0 Å². The quantitative estimate of drug-likeness (QED) is 0.799. The normalized spacial score (nSPS) is 14.7. The van der Waals surface area contributed by atoms with Gasteiger partial charge in [0.2, 0.25) is 11.8 Å². The first kappa shape index (κ1) is 20.8. The van der Waals surface area contributed by atoms with E-state index in [2.05, 4.69) is 5.32 Å². The van der Waals surface area contributed by atoms with E-state index in [1.807, 2.05) is 38.1 Å². The molecule has 2 aromatic rings. The molecule has 29 heavy (non-hydrogen) atoms. The number of halogens is 1. The summed E-state index contributed by atoms with van der Waals surface area (Å²) in [4.78, 5) is 26.7. The zero-order valence-corrected chi connectivity index (χ0v) is 16.9. The minimum Gasteiger partial charge on any atom is -0.491 e. The van der Waals surface area contributed by atoms with Gasteiger partial charge in [0.05, 0.1) is 12.5 Å². The van der Waals surface area contributed by atoms with Crippen molar-refractivity contribution in [3.63, 3.8) is 0 Å². The second-order valence-corrected chi connectivity index (χ2v) is 7.60. The molecule has 0 bridgehead atoms. The number of nitrogens with zero attached hydrogens (tertiary/aromatic N) is 1. The topological polar surface area (TPSA) is 58.6 Å². The molecule has 1 N–H and O–H groups in total. The van der Waals surface area contributed by atoms with Crippen LogP contribution in [-0.4, -0.2) is 35.9 Å². The molecule has 0 saturated carbocycles. The lowest BCUT2D eigenvalue weighted by molar-refractivity contribution is -0.133. The van der Waals surface area contributed by atoms with Gasteiger partial charge in [-0.05, 0) is 62.6 Å². The largest absolute Gasteiger partial charge is 0.491 e. The standard InChI is InChI=1S/C23H27FN2O3/c1-16(2)29-20-9-7-19(8-10-20)25-23(28)17-11-13-26(14-12-17)22(27)15-18-5-3-4-6-21(18)24/h3-10,16-17H,11-15H2,1-2H3,(H,25,28). The number of nitrogens with one attached hydrogen (secondary N) is 1. The highest BCUT2D eigenvalue weighted by Crippen LogP contribution is 2.22. The Kier molecular flexibility index (Phi) is 6.86. The number of rotatable bonds is 6. The molecule has 154 valence electrons. The van der Waals surface area contributed by atoms with Gasteiger partial charge in [0, 0.05) is 24.7 Å². The lowest BCUT2D eigenvalue weighted by Crippen LogP contribution is -2.42. The molecule has 0 spiro atoms. The van der Waals surface area contributed by atoms with Gasteiger partial charge in [-0.1, -0.05) is 18.2 Å². The van der Waals surface area contributed by atoms with E-state index in [0.717, 1.165) is 11.4 Å². The number of benzene rings is 2. The van der Waals surface area contributed by atoms with Crippen molar-refractivity contribution in [3.8, 4) is 5.75 Å². The van der Waals surface area contributed by atoms with E-state index in [-0.39, 0.29) is 36.1 Å². The predicted octanol–water partition coefficient (Wildman–Crippen LogP) is 4.03. The Morgan fingerprint density at radius 2 is 1.76 bits per heavy atom. The monoisotopic (exact) mass is 398 g/mol. The molecule has 1 heterocycles. The maximum absolute atomic E-state index is 13.7. The molecule has 1 aliphatic heterocycles. The Bertz CT molecular complexity index is 843. The highest BCUT2D eigenvalue weighted by Gasteiger charge is 2.27. The highest BCUT2D eigenvalue weighted by molar-refractivity contribution is 5.92. The highest BCUT2D eigenvalue weighted by atomic mass is 19.1. The summed E-state index contributed by atoms with van der Waals surface area (Å²) in [6, 6.07) is 13.6. The van der Waals surface area contributed by atoms with Crippen molar-refractivity contribution >= 4 is 17.5 Å². The smallest absolute Gasteiger partial charge is 0.227 e. The minimum absolute atomic E-state index is 0.0382. The van der Waals surface area contributed by atoms with Crippen LogP contribution < -0.4 is 10.1 Å².